The van der Waals surface area contributed by atoms with Crippen LogP contribution in [0.3, 0.4) is 0 Å². The van der Waals surface area contributed by atoms with E-state index in [1.807, 2.05) is 0 Å². The van der Waals surface area contributed by atoms with Crippen LogP contribution in [0.4, 0.5) is 0 Å². The first-order valence-corrected chi connectivity index (χ1v) is 31.6. The number of ether oxygens (including phenoxy) is 3. The number of hydrogen-bond donors (Lipinski definition) is 0. The molecule has 0 radical (unpaired) electrons. The third kappa shape index (κ3) is 63.5. The maximum absolute atomic E-state index is 12.8. The van der Waals surface area contributed by atoms with Gasteiger partial charge >= 0.3 is 17.9 Å². The molecule has 0 aromatic rings. The van der Waals surface area contributed by atoms with Gasteiger partial charge in [0.2, 0.25) is 0 Å². The lowest BCUT2D eigenvalue weighted by Crippen LogP contribution is -2.30. The molecule has 0 aliphatic carbocycles. The van der Waals surface area contributed by atoms with Crippen molar-refractivity contribution in [2.75, 3.05) is 13.2 Å². The normalized spacial score (nSPS) is 13.3. The standard InChI is InChI=1S/C73H114O6/c1-4-7-10-13-16-18-20-22-24-26-28-30-31-32-33-34-35-36-37-38-39-40-41-43-44-46-48-50-52-54-57-60-63-66-72(75)78-69-70(68-77-71(74)65-62-59-56-15-12-9-6-3)79-73(76)67-64-61-58-55-53-51-49-47-45-42-29-27-25-23-21-19-17-14-11-8-5-2/h7-8,10-11,16-19,22-25,28-30,32-33,35-36,38-39,41-43,46-49,70H,4-6,9,12-15,20-21,26-27,31,34,37,40,44-45,50-69H2,1-3H3/b10-7-,11-8-,18-16-,19-17-,24-22-,25-23-,30-28-,33-32-,36-35-,39-38-,42-29-,43-41-,48-46-,49-47-. The zero-order valence-corrected chi connectivity index (χ0v) is 50.6. The number of hydrogen-bond acceptors (Lipinski definition) is 6. The summed E-state index contributed by atoms with van der Waals surface area (Å²) in [5.41, 5.74) is 0. The fraction of sp³-hybridized carbons (Fsp3) is 0.575. The molecule has 0 aromatic carbocycles. The van der Waals surface area contributed by atoms with Gasteiger partial charge in [-0.1, -0.05) is 268 Å². The van der Waals surface area contributed by atoms with E-state index < -0.39 is 6.10 Å². The van der Waals surface area contributed by atoms with Crippen molar-refractivity contribution in [2.45, 2.75) is 258 Å². The van der Waals surface area contributed by atoms with Gasteiger partial charge in [-0.05, 0) is 135 Å². The molecule has 0 aromatic heterocycles. The Balaban J connectivity index is 4.26. The van der Waals surface area contributed by atoms with Crippen LogP contribution in [-0.2, 0) is 28.6 Å². The van der Waals surface area contributed by atoms with E-state index in [0.29, 0.717) is 19.3 Å². The van der Waals surface area contributed by atoms with Crippen molar-refractivity contribution in [3.63, 3.8) is 0 Å². The summed E-state index contributed by atoms with van der Waals surface area (Å²) in [5, 5.41) is 0. The number of esters is 3. The smallest absolute Gasteiger partial charge is 0.306 e. The summed E-state index contributed by atoms with van der Waals surface area (Å²) >= 11 is 0. The molecular formula is C73H114O6. The monoisotopic (exact) mass is 1090 g/mol. The van der Waals surface area contributed by atoms with Crippen LogP contribution in [0.2, 0.25) is 0 Å². The Morgan fingerprint density at radius 1 is 0.266 bits per heavy atom. The van der Waals surface area contributed by atoms with Crippen molar-refractivity contribution in [3.8, 4) is 0 Å². The number of carbonyl (C=O) groups excluding carboxylic acids is 3. The maximum Gasteiger partial charge on any atom is 0.306 e. The van der Waals surface area contributed by atoms with E-state index in [2.05, 4.69) is 191 Å². The zero-order chi connectivity index (χ0) is 57.1. The van der Waals surface area contributed by atoms with Crippen LogP contribution in [0.25, 0.3) is 0 Å². The van der Waals surface area contributed by atoms with Crippen molar-refractivity contribution < 1.29 is 28.6 Å². The van der Waals surface area contributed by atoms with Gasteiger partial charge in [0.25, 0.3) is 0 Å². The van der Waals surface area contributed by atoms with Crippen LogP contribution in [-0.4, -0.2) is 37.2 Å². The van der Waals surface area contributed by atoms with Gasteiger partial charge in [0, 0.05) is 19.3 Å². The Labute approximate surface area is 485 Å². The SMILES string of the molecule is CC/C=C\C/C=C\C/C=C\C/C=C\C/C=C\C/C=C\C/C=C\C/C=C\C/C=C\CCCCCCCC(=O)OCC(COC(=O)CCCCCCCCC)OC(=O)CCCCCCC/C=C\C/C=C\C/C=C\C/C=C\C/C=C\CC. The van der Waals surface area contributed by atoms with Gasteiger partial charge in [0.1, 0.15) is 13.2 Å². The topological polar surface area (TPSA) is 78.9 Å². The predicted octanol–water partition coefficient (Wildman–Crippen LogP) is 21.9. The van der Waals surface area contributed by atoms with E-state index in [0.717, 1.165) is 186 Å². The second kappa shape index (κ2) is 65.3. The molecule has 0 aliphatic heterocycles. The summed E-state index contributed by atoms with van der Waals surface area (Å²) in [6.07, 6.45) is 96.6. The zero-order valence-electron chi connectivity index (χ0n) is 50.6. The van der Waals surface area contributed by atoms with Crippen molar-refractivity contribution in [1.82, 2.24) is 0 Å². The van der Waals surface area contributed by atoms with E-state index in [9.17, 15) is 14.4 Å². The third-order valence-corrected chi connectivity index (χ3v) is 12.7. The second-order valence-corrected chi connectivity index (χ2v) is 20.2. The predicted molar refractivity (Wildman–Crippen MR) is 343 cm³/mol. The van der Waals surface area contributed by atoms with Gasteiger partial charge in [-0.2, -0.15) is 0 Å². The minimum atomic E-state index is -0.803. The molecule has 0 amide bonds. The Hall–Kier alpha value is -5.23. The van der Waals surface area contributed by atoms with Crippen LogP contribution in [0.15, 0.2) is 170 Å². The molecule has 0 saturated heterocycles. The highest BCUT2D eigenvalue weighted by atomic mass is 16.6. The Morgan fingerprint density at radius 2 is 0.494 bits per heavy atom. The van der Waals surface area contributed by atoms with Gasteiger partial charge in [0.15, 0.2) is 6.10 Å². The summed E-state index contributed by atoms with van der Waals surface area (Å²) in [4.78, 5) is 38.1. The van der Waals surface area contributed by atoms with E-state index in [1.165, 1.54) is 25.7 Å². The van der Waals surface area contributed by atoms with E-state index in [-0.39, 0.29) is 31.1 Å². The molecule has 442 valence electrons. The van der Waals surface area contributed by atoms with Crippen LogP contribution in [0, 0.1) is 0 Å². The minimum Gasteiger partial charge on any atom is -0.462 e. The van der Waals surface area contributed by atoms with Gasteiger partial charge < -0.3 is 14.2 Å². The Kier molecular flexibility index (Phi) is 61.0. The van der Waals surface area contributed by atoms with Crippen molar-refractivity contribution in [1.29, 1.82) is 0 Å². The lowest BCUT2D eigenvalue weighted by atomic mass is 10.1. The molecule has 0 rings (SSSR count). The summed E-state index contributed by atoms with van der Waals surface area (Å²) in [6.45, 7) is 6.32. The Morgan fingerprint density at radius 3 is 0.772 bits per heavy atom. The molecule has 1 unspecified atom stereocenters. The molecule has 0 aliphatic rings. The first-order valence-electron chi connectivity index (χ1n) is 31.6. The van der Waals surface area contributed by atoms with Crippen LogP contribution in [0.1, 0.15) is 252 Å². The average molecular weight is 1090 g/mol. The fourth-order valence-corrected chi connectivity index (χ4v) is 8.05. The molecule has 6 heteroatoms. The number of rotatable bonds is 55. The molecule has 79 heavy (non-hydrogen) atoms. The molecule has 0 N–H and O–H groups in total. The summed E-state index contributed by atoms with van der Waals surface area (Å²) in [6, 6.07) is 0. The first-order chi connectivity index (χ1) is 39.0. The molecule has 0 saturated carbocycles. The highest BCUT2D eigenvalue weighted by molar-refractivity contribution is 5.71. The highest BCUT2D eigenvalue weighted by Gasteiger charge is 2.19. The minimum absolute atomic E-state index is 0.0987. The molecule has 0 fully saturated rings. The maximum atomic E-state index is 12.8. The highest BCUT2D eigenvalue weighted by Crippen LogP contribution is 2.13. The Bertz CT molecular complexity index is 1820. The molecule has 0 heterocycles. The van der Waals surface area contributed by atoms with E-state index in [4.69, 9.17) is 14.2 Å². The van der Waals surface area contributed by atoms with Gasteiger partial charge in [0.05, 0.1) is 0 Å². The van der Waals surface area contributed by atoms with Crippen LogP contribution < -0.4 is 0 Å². The quantitative estimate of drug-likeness (QED) is 0.0261. The lowest BCUT2D eigenvalue weighted by molar-refractivity contribution is -0.167. The summed E-state index contributed by atoms with van der Waals surface area (Å²) < 4.78 is 16.8. The average Bonchev–Trinajstić information content (AvgIpc) is 3.45. The van der Waals surface area contributed by atoms with Crippen LogP contribution in [0.5, 0.6) is 0 Å². The number of carbonyl (C=O) groups is 3. The van der Waals surface area contributed by atoms with E-state index >= 15 is 0 Å². The summed E-state index contributed by atoms with van der Waals surface area (Å²) in [5.74, 6) is -0.952. The molecule has 6 nitrogen and oxygen atoms in total. The van der Waals surface area contributed by atoms with Crippen molar-refractivity contribution >= 4 is 17.9 Å². The molecule has 0 spiro atoms. The van der Waals surface area contributed by atoms with E-state index in [1.54, 1.807) is 0 Å². The van der Waals surface area contributed by atoms with Gasteiger partial charge in [-0.15, -0.1) is 0 Å². The van der Waals surface area contributed by atoms with Crippen molar-refractivity contribution in [2.24, 2.45) is 0 Å². The van der Waals surface area contributed by atoms with Gasteiger partial charge in [-0.3, -0.25) is 14.4 Å². The third-order valence-electron chi connectivity index (χ3n) is 12.7. The number of allylic oxidation sites excluding steroid dienone is 28. The summed E-state index contributed by atoms with van der Waals surface area (Å²) in [7, 11) is 0. The fourth-order valence-electron chi connectivity index (χ4n) is 8.05. The molecular weight excluding hydrogens is 973 g/mol. The largest absolute Gasteiger partial charge is 0.462 e. The number of unbranched alkanes of at least 4 members (excludes halogenated alkanes) is 16. The van der Waals surface area contributed by atoms with Crippen LogP contribution >= 0.6 is 0 Å². The lowest BCUT2D eigenvalue weighted by Gasteiger charge is -2.18. The molecule has 1 atom stereocenters. The second-order valence-electron chi connectivity index (χ2n) is 20.2. The van der Waals surface area contributed by atoms with Crippen molar-refractivity contribution in [3.05, 3.63) is 170 Å². The van der Waals surface area contributed by atoms with Gasteiger partial charge in [-0.25, -0.2) is 0 Å². The molecule has 0 bridgehead atoms. The first kappa shape index (κ1) is 73.8.